The first-order chi connectivity index (χ1) is 13.0. The van der Waals surface area contributed by atoms with Gasteiger partial charge in [0, 0.05) is 31.7 Å². The van der Waals surface area contributed by atoms with Gasteiger partial charge in [0.15, 0.2) is 0 Å². The van der Waals surface area contributed by atoms with E-state index in [1.807, 2.05) is 43.0 Å². The van der Waals surface area contributed by atoms with E-state index in [2.05, 4.69) is 0 Å². The minimum atomic E-state index is -0.590. The lowest BCUT2D eigenvalue weighted by Crippen LogP contribution is -2.43. The molecule has 1 saturated heterocycles. The average molecular weight is 373 g/mol. The highest BCUT2D eigenvalue weighted by Gasteiger charge is 2.29. The quantitative estimate of drug-likeness (QED) is 0.729. The number of halogens is 2. The van der Waals surface area contributed by atoms with Crippen LogP contribution in [0.2, 0.25) is 0 Å². The van der Waals surface area contributed by atoms with Crippen molar-refractivity contribution >= 4 is 5.91 Å². The second-order valence-electron chi connectivity index (χ2n) is 6.85. The normalized spacial score (nSPS) is 19.7. The van der Waals surface area contributed by atoms with Gasteiger partial charge in [-0.1, -0.05) is 31.2 Å². The Morgan fingerprint density at radius 2 is 1.74 bits per heavy atom. The topological polar surface area (TPSA) is 29.5 Å². The van der Waals surface area contributed by atoms with E-state index in [4.69, 9.17) is 4.74 Å². The summed E-state index contributed by atoms with van der Waals surface area (Å²) in [5.74, 6) is -1.01. The highest BCUT2D eigenvalue weighted by molar-refractivity contribution is 5.76. The van der Waals surface area contributed by atoms with Crippen molar-refractivity contribution in [1.29, 1.82) is 0 Å². The molecule has 2 atom stereocenters. The second-order valence-corrected chi connectivity index (χ2v) is 6.85. The Hall–Kier alpha value is -2.27. The third-order valence-corrected chi connectivity index (χ3v) is 5.14. The highest BCUT2D eigenvalue weighted by Crippen LogP contribution is 2.32. The zero-order chi connectivity index (χ0) is 19.4. The number of carbonyl (C=O) groups excluding carboxylic acids is 1. The third-order valence-electron chi connectivity index (χ3n) is 5.14. The van der Waals surface area contributed by atoms with Gasteiger partial charge < -0.3 is 9.64 Å². The van der Waals surface area contributed by atoms with Crippen LogP contribution >= 0.6 is 0 Å². The number of rotatable bonds is 5. The summed E-state index contributed by atoms with van der Waals surface area (Å²) in [5, 5.41) is 0. The molecule has 0 aromatic heterocycles. The first-order valence-corrected chi connectivity index (χ1v) is 9.49. The van der Waals surface area contributed by atoms with Crippen LogP contribution in [0.15, 0.2) is 42.5 Å². The molecule has 1 fully saturated rings. The summed E-state index contributed by atoms with van der Waals surface area (Å²) < 4.78 is 32.8. The molecule has 1 heterocycles. The van der Waals surface area contributed by atoms with Crippen molar-refractivity contribution in [3.8, 4) is 11.1 Å². The zero-order valence-corrected chi connectivity index (χ0v) is 15.8. The standard InChI is InChI=1S/C22H25F2NO2/c1-3-22(26)25(4-2)20-9-10-27-21(14-20)16-7-5-15(6-8-16)17-11-18(23)13-19(24)12-17/h5-8,11-13,20-21H,3-4,9-10,14H2,1-2H3/t20-,21+/m0/s1. The van der Waals surface area contributed by atoms with E-state index in [9.17, 15) is 13.6 Å². The lowest BCUT2D eigenvalue weighted by Gasteiger charge is -2.37. The van der Waals surface area contributed by atoms with Gasteiger partial charge in [-0.25, -0.2) is 8.78 Å². The van der Waals surface area contributed by atoms with Gasteiger partial charge in [-0.05, 0) is 48.6 Å². The monoisotopic (exact) mass is 373 g/mol. The fourth-order valence-electron chi connectivity index (χ4n) is 3.75. The molecule has 2 aromatic rings. The summed E-state index contributed by atoms with van der Waals surface area (Å²) >= 11 is 0. The molecule has 0 unspecified atom stereocenters. The molecule has 144 valence electrons. The van der Waals surface area contributed by atoms with E-state index in [-0.39, 0.29) is 18.1 Å². The van der Waals surface area contributed by atoms with E-state index >= 15 is 0 Å². The molecule has 0 N–H and O–H groups in total. The molecule has 2 aromatic carbocycles. The van der Waals surface area contributed by atoms with Crippen LogP contribution in [0.5, 0.6) is 0 Å². The van der Waals surface area contributed by atoms with E-state index in [1.165, 1.54) is 12.1 Å². The Labute approximate surface area is 158 Å². The van der Waals surface area contributed by atoms with Crippen LogP contribution in [0.4, 0.5) is 8.78 Å². The molecule has 0 spiro atoms. The molecule has 1 aliphatic heterocycles. The number of carbonyl (C=O) groups is 1. The lowest BCUT2D eigenvalue weighted by atomic mass is 9.94. The van der Waals surface area contributed by atoms with Crippen molar-refractivity contribution in [1.82, 2.24) is 4.90 Å². The van der Waals surface area contributed by atoms with Gasteiger partial charge in [-0.15, -0.1) is 0 Å². The van der Waals surface area contributed by atoms with Crippen molar-refractivity contribution in [2.75, 3.05) is 13.2 Å². The third kappa shape index (κ3) is 4.53. The molecule has 3 nitrogen and oxygen atoms in total. The fraction of sp³-hybridized carbons (Fsp3) is 0.409. The maximum Gasteiger partial charge on any atom is 0.222 e. The summed E-state index contributed by atoms with van der Waals surface area (Å²) in [6.07, 6.45) is 2.03. The molecule has 1 amide bonds. The average Bonchev–Trinajstić information content (AvgIpc) is 2.68. The van der Waals surface area contributed by atoms with Gasteiger partial charge in [0.1, 0.15) is 11.6 Å². The Morgan fingerprint density at radius 1 is 1.07 bits per heavy atom. The van der Waals surface area contributed by atoms with Crippen LogP contribution in [0.25, 0.3) is 11.1 Å². The van der Waals surface area contributed by atoms with Crippen LogP contribution in [-0.4, -0.2) is 30.0 Å². The van der Waals surface area contributed by atoms with Gasteiger partial charge in [0.2, 0.25) is 5.91 Å². The van der Waals surface area contributed by atoms with Gasteiger partial charge in [0.25, 0.3) is 0 Å². The number of nitrogens with zero attached hydrogens (tertiary/aromatic N) is 1. The van der Waals surface area contributed by atoms with Crippen molar-refractivity contribution in [2.45, 2.75) is 45.3 Å². The van der Waals surface area contributed by atoms with E-state index in [1.54, 1.807) is 0 Å². The van der Waals surface area contributed by atoms with Crippen molar-refractivity contribution in [3.63, 3.8) is 0 Å². The van der Waals surface area contributed by atoms with E-state index in [0.29, 0.717) is 25.1 Å². The fourth-order valence-corrected chi connectivity index (χ4v) is 3.75. The molecular weight excluding hydrogens is 348 g/mol. The molecular formula is C22H25F2NO2. The second kappa shape index (κ2) is 8.61. The van der Waals surface area contributed by atoms with E-state index < -0.39 is 11.6 Å². The molecule has 3 rings (SSSR count). The smallest absolute Gasteiger partial charge is 0.222 e. The van der Waals surface area contributed by atoms with Gasteiger partial charge in [-0.2, -0.15) is 0 Å². The highest BCUT2D eigenvalue weighted by atomic mass is 19.1. The Morgan fingerprint density at radius 3 is 2.33 bits per heavy atom. The first-order valence-electron chi connectivity index (χ1n) is 9.49. The maximum atomic E-state index is 13.4. The van der Waals surface area contributed by atoms with Gasteiger partial charge in [0.05, 0.1) is 6.10 Å². The summed E-state index contributed by atoms with van der Waals surface area (Å²) in [5.41, 5.74) is 2.27. The molecule has 5 heteroatoms. The first kappa shape index (κ1) is 19.5. The zero-order valence-electron chi connectivity index (χ0n) is 15.8. The minimum Gasteiger partial charge on any atom is -0.373 e. The molecule has 0 radical (unpaired) electrons. The SMILES string of the molecule is CCC(=O)N(CC)[C@H]1CCO[C@@H](c2ccc(-c3cc(F)cc(F)c3)cc2)C1. The molecule has 0 bridgehead atoms. The summed E-state index contributed by atoms with van der Waals surface area (Å²) in [4.78, 5) is 14.1. The van der Waals surface area contributed by atoms with Crippen molar-refractivity contribution in [3.05, 3.63) is 59.7 Å². The molecule has 27 heavy (non-hydrogen) atoms. The largest absolute Gasteiger partial charge is 0.373 e. The number of hydrogen-bond donors (Lipinski definition) is 0. The number of hydrogen-bond acceptors (Lipinski definition) is 2. The predicted molar refractivity (Wildman–Crippen MR) is 101 cm³/mol. The summed E-state index contributed by atoms with van der Waals surface area (Å²) in [6, 6.07) is 11.3. The van der Waals surface area contributed by atoms with Crippen LogP contribution < -0.4 is 0 Å². The molecule has 0 saturated carbocycles. The molecule has 1 aliphatic rings. The number of amides is 1. The number of benzene rings is 2. The Kier molecular flexibility index (Phi) is 6.22. The van der Waals surface area contributed by atoms with Crippen LogP contribution in [0.1, 0.15) is 44.8 Å². The summed E-state index contributed by atoms with van der Waals surface area (Å²) in [7, 11) is 0. The van der Waals surface area contributed by atoms with Gasteiger partial charge in [-0.3, -0.25) is 4.79 Å². The predicted octanol–water partition coefficient (Wildman–Crippen LogP) is 5.11. The van der Waals surface area contributed by atoms with Crippen molar-refractivity contribution < 1.29 is 18.3 Å². The van der Waals surface area contributed by atoms with E-state index in [0.717, 1.165) is 30.0 Å². The summed E-state index contributed by atoms with van der Waals surface area (Å²) in [6.45, 7) is 5.20. The minimum absolute atomic E-state index is 0.0826. The van der Waals surface area contributed by atoms with Gasteiger partial charge >= 0.3 is 0 Å². The van der Waals surface area contributed by atoms with Crippen LogP contribution in [0, 0.1) is 11.6 Å². The Balaban J connectivity index is 1.75. The Bertz CT molecular complexity index is 771. The van der Waals surface area contributed by atoms with Crippen LogP contribution in [0.3, 0.4) is 0 Å². The van der Waals surface area contributed by atoms with Crippen molar-refractivity contribution in [2.24, 2.45) is 0 Å². The number of ether oxygens (including phenoxy) is 1. The lowest BCUT2D eigenvalue weighted by molar-refractivity contribution is -0.136. The maximum absolute atomic E-state index is 13.4. The van der Waals surface area contributed by atoms with Crippen LogP contribution in [-0.2, 0) is 9.53 Å². The molecule has 0 aliphatic carbocycles.